The largest absolute Gasteiger partial charge is 0.442 e. The van der Waals surface area contributed by atoms with E-state index in [9.17, 15) is 84.8 Å². The molecule has 4 aromatic rings. The van der Waals surface area contributed by atoms with E-state index in [1.807, 2.05) is 0 Å². The minimum Gasteiger partial charge on any atom is -0.431 e. The first-order valence-electron chi connectivity index (χ1n) is 13.9. The third kappa shape index (κ3) is 7.45. The van der Waals surface area contributed by atoms with Crippen LogP contribution in [0.4, 0.5) is 54.8 Å². The highest BCUT2D eigenvalue weighted by Gasteiger charge is 2.75. The lowest BCUT2D eigenvalue weighted by atomic mass is 9.91. The fourth-order valence-electron chi connectivity index (χ4n) is 4.73. The van der Waals surface area contributed by atoms with E-state index >= 15 is 0 Å². The normalized spacial score (nSPS) is 12.0. The van der Waals surface area contributed by atoms with E-state index in [-0.39, 0.29) is 46.8 Å². The zero-order chi connectivity index (χ0) is 40.6. The summed E-state index contributed by atoms with van der Waals surface area (Å²) in [4.78, 5) is 66.0. The molecule has 0 bridgehead atoms. The molecule has 0 aromatic heterocycles. The van der Waals surface area contributed by atoms with Crippen molar-refractivity contribution >= 4 is 50.3 Å². The summed E-state index contributed by atoms with van der Waals surface area (Å²) in [5.41, 5.74) is -16.0. The summed E-state index contributed by atoms with van der Waals surface area (Å²) in [5, 5.41) is 45.2. The Kier molecular flexibility index (Phi) is 10.4. The van der Waals surface area contributed by atoms with E-state index < -0.39 is 110 Å². The molecule has 0 spiro atoms. The summed E-state index contributed by atoms with van der Waals surface area (Å²) in [5.74, 6) is -4.40. The zero-order valence-electron chi connectivity index (χ0n) is 25.9. The standard InChI is InChI=1S/C29H15F6N5O13S/c30-28(31,32)27(29(33,34)35,53-26(42)17-12-22(39(47)48)15-23(13-17)40(49)50)18-6-8-19(9-7-18)36(54(51,52)24-4-2-1-3-5-24)25(41)16-10-20(37(43)44)14-21(11-16)38(45)46/h1-15H. The molecule has 0 N–H and O–H groups in total. The second-order valence-corrected chi connectivity index (χ2v) is 12.3. The van der Waals surface area contributed by atoms with Gasteiger partial charge in [-0.15, -0.1) is 0 Å². The topological polar surface area (TPSA) is 253 Å². The van der Waals surface area contributed by atoms with Crippen LogP contribution < -0.4 is 4.31 Å². The third-order valence-electron chi connectivity index (χ3n) is 7.15. The number of hydrogen-bond acceptors (Lipinski definition) is 13. The molecule has 0 aliphatic rings. The van der Waals surface area contributed by atoms with Gasteiger partial charge in [0, 0.05) is 29.8 Å². The van der Waals surface area contributed by atoms with Gasteiger partial charge in [0.25, 0.3) is 38.7 Å². The van der Waals surface area contributed by atoms with Crippen LogP contribution in [0, 0.1) is 40.5 Å². The van der Waals surface area contributed by atoms with Crippen molar-refractivity contribution in [2.45, 2.75) is 22.8 Å². The van der Waals surface area contributed by atoms with Gasteiger partial charge in [-0.2, -0.15) is 30.6 Å². The lowest BCUT2D eigenvalue weighted by molar-refractivity contribution is -0.394. The van der Waals surface area contributed by atoms with Crippen LogP contribution in [0.1, 0.15) is 26.3 Å². The maximum atomic E-state index is 14.6. The van der Waals surface area contributed by atoms with E-state index in [4.69, 9.17) is 0 Å². The number of nitro groups is 4. The van der Waals surface area contributed by atoms with Crippen LogP contribution in [0.2, 0.25) is 0 Å². The van der Waals surface area contributed by atoms with E-state index in [0.29, 0.717) is 18.2 Å². The number of non-ortho nitro benzene ring substituents is 4. The molecule has 0 heterocycles. The van der Waals surface area contributed by atoms with Crippen LogP contribution in [-0.4, -0.2) is 52.3 Å². The fourth-order valence-corrected chi connectivity index (χ4v) is 6.16. The zero-order valence-corrected chi connectivity index (χ0v) is 26.7. The van der Waals surface area contributed by atoms with E-state index in [1.165, 1.54) is 6.07 Å². The van der Waals surface area contributed by atoms with Crippen molar-refractivity contribution in [2.75, 3.05) is 4.31 Å². The molecule has 0 aliphatic heterocycles. The van der Waals surface area contributed by atoms with Gasteiger partial charge in [0.2, 0.25) is 0 Å². The maximum absolute atomic E-state index is 14.6. The molecule has 54 heavy (non-hydrogen) atoms. The van der Waals surface area contributed by atoms with Crippen molar-refractivity contribution in [3.63, 3.8) is 0 Å². The monoisotopic (exact) mass is 787 g/mol. The first-order chi connectivity index (χ1) is 24.9. The highest BCUT2D eigenvalue weighted by atomic mass is 32.2. The molecule has 0 saturated heterocycles. The molecule has 4 aromatic carbocycles. The molecule has 0 saturated carbocycles. The molecule has 1 amide bonds. The lowest BCUT2D eigenvalue weighted by Gasteiger charge is -2.37. The van der Waals surface area contributed by atoms with Crippen molar-refractivity contribution in [1.82, 2.24) is 0 Å². The highest BCUT2D eigenvalue weighted by molar-refractivity contribution is 7.93. The number of benzene rings is 4. The van der Waals surface area contributed by atoms with Gasteiger partial charge >= 0.3 is 23.9 Å². The number of carbonyl (C=O) groups is 2. The number of halogens is 6. The van der Waals surface area contributed by atoms with Crippen LogP contribution in [0.3, 0.4) is 0 Å². The van der Waals surface area contributed by atoms with E-state index in [1.54, 1.807) is 0 Å². The second kappa shape index (κ2) is 14.2. The van der Waals surface area contributed by atoms with Crippen molar-refractivity contribution in [2.24, 2.45) is 0 Å². The number of hydrogen-bond donors (Lipinski definition) is 0. The summed E-state index contributed by atoms with van der Waals surface area (Å²) in [6, 6.07) is 7.34. The summed E-state index contributed by atoms with van der Waals surface area (Å²) in [6.45, 7) is 0. The average Bonchev–Trinajstić information content (AvgIpc) is 3.09. The van der Waals surface area contributed by atoms with Crippen molar-refractivity contribution in [3.05, 3.63) is 148 Å². The van der Waals surface area contributed by atoms with Gasteiger partial charge in [-0.3, -0.25) is 45.3 Å². The minimum absolute atomic E-state index is 0.0732. The first-order valence-corrected chi connectivity index (χ1v) is 15.4. The molecule has 0 fully saturated rings. The molecular formula is C29H15F6N5O13S. The van der Waals surface area contributed by atoms with E-state index in [0.717, 1.165) is 24.3 Å². The number of amides is 1. The Morgan fingerprint density at radius 3 is 1.35 bits per heavy atom. The van der Waals surface area contributed by atoms with Crippen molar-refractivity contribution in [1.29, 1.82) is 0 Å². The van der Waals surface area contributed by atoms with Crippen LogP contribution >= 0.6 is 0 Å². The van der Waals surface area contributed by atoms with Crippen LogP contribution in [0.25, 0.3) is 0 Å². The maximum Gasteiger partial charge on any atom is 0.442 e. The third-order valence-corrected chi connectivity index (χ3v) is 8.87. The molecule has 25 heteroatoms. The number of carbonyl (C=O) groups excluding carboxylic acids is 2. The van der Waals surface area contributed by atoms with Gasteiger partial charge < -0.3 is 4.74 Å². The summed E-state index contributed by atoms with van der Waals surface area (Å²) < 4.78 is 119. The van der Waals surface area contributed by atoms with Gasteiger partial charge in [-0.1, -0.05) is 30.3 Å². The predicted octanol–water partition coefficient (Wildman–Crippen LogP) is 6.53. The van der Waals surface area contributed by atoms with Crippen LogP contribution in [0.15, 0.2) is 95.9 Å². The number of nitro benzene ring substituents is 4. The number of esters is 1. The van der Waals surface area contributed by atoms with Crippen LogP contribution in [0.5, 0.6) is 0 Å². The Labute approximate surface area is 294 Å². The Balaban J connectivity index is 1.95. The summed E-state index contributed by atoms with van der Waals surface area (Å²) >= 11 is 0. The Hall–Kier alpha value is -7.05. The van der Waals surface area contributed by atoms with Gasteiger partial charge in [-0.05, 0) is 24.3 Å². The van der Waals surface area contributed by atoms with Crippen molar-refractivity contribution in [3.8, 4) is 0 Å². The van der Waals surface area contributed by atoms with Gasteiger partial charge in [-0.25, -0.2) is 13.2 Å². The predicted molar refractivity (Wildman–Crippen MR) is 166 cm³/mol. The molecule has 0 radical (unpaired) electrons. The van der Waals surface area contributed by atoms with Gasteiger partial charge in [0.1, 0.15) is 0 Å². The van der Waals surface area contributed by atoms with Crippen LogP contribution in [-0.2, 0) is 20.4 Å². The number of ether oxygens (including phenoxy) is 1. The summed E-state index contributed by atoms with van der Waals surface area (Å²) in [7, 11) is -5.25. The number of nitrogens with zero attached hydrogens (tertiary/aromatic N) is 5. The minimum atomic E-state index is -6.64. The van der Waals surface area contributed by atoms with Gasteiger partial charge in [0.15, 0.2) is 0 Å². The highest BCUT2D eigenvalue weighted by Crippen LogP contribution is 2.53. The lowest BCUT2D eigenvalue weighted by Crippen LogP contribution is -2.56. The number of sulfonamides is 1. The molecule has 0 atom stereocenters. The first kappa shape index (κ1) is 39.7. The number of alkyl halides is 6. The number of rotatable bonds is 11. The van der Waals surface area contributed by atoms with E-state index in [2.05, 4.69) is 4.74 Å². The molecule has 282 valence electrons. The smallest absolute Gasteiger partial charge is 0.431 e. The fraction of sp³-hybridized carbons (Fsp3) is 0.103. The quantitative estimate of drug-likeness (QED) is 0.0679. The van der Waals surface area contributed by atoms with Gasteiger partial charge in [0.05, 0.1) is 53.5 Å². The van der Waals surface area contributed by atoms with Crippen molar-refractivity contribution < 1.29 is 68.8 Å². The average molecular weight is 788 g/mol. The number of anilines is 1. The Bertz CT molecular complexity index is 2240. The SMILES string of the molecule is O=C(OC(c1ccc(N(C(=O)c2cc([N+](=O)[O-])cc([N+](=O)[O-])c2)S(=O)(=O)c2ccccc2)cc1)(C(F)(F)F)C(F)(F)F)c1cc([N+](=O)[O-])cc([N+](=O)[O-])c1. The summed E-state index contributed by atoms with van der Waals surface area (Å²) in [6.07, 6.45) is -13.3. The Morgan fingerprint density at radius 1 is 0.593 bits per heavy atom. The molecule has 4 rings (SSSR count). The molecule has 0 aliphatic carbocycles. The second-order valence-electron chi connectivity index (χ2n) is 10.5. The molecular weight excluding hydrogens is 772 g/mol. The molecule has 0 unspecified atom stereocenters. The Morgan fingerprint density at radius 2 is 0.981 bits per heavy atom. The molecule has 18 nitrogen and oxygen atoms in total.